The van der Waals surface area contributed by atoms with Gasteiger partial charge in [-0.3, -0.25) is 0 Å². The minimum Gasteiger partial charge on any atom is -0.478 e. The summed E-state index contributed by atoms with van der Waals surface area (Å²) in [5.41, 5.74) is 0.0505. The van der Waals surface area contributed by atoms with Crippen molar-refractivity contribution in [2.75, 3.05) is 6.54 Å². The highest BCUT2D eigenvalue weighted by atomic mass is 32.2. The molecular weight excluding hydrogens is 306 g/mol. The minimum atomic E-state index is -3.62. The van der Waals surface area contributed by atoms with Gasteiger partial charge in [0.25, 0.3) is 0 Å². The number of imidazole rings is 1. The van der Waals surface area contributed by atoms with Gasteiger partial charge in [0.05, 0.1) is 10.5 Å². The van der Waals surface area contributed by atoms with Crippen LogP contribution in [0.1, 0.15) is 22.6 Å². The third-order valence-corrected chi connectivity index (χ3v) is 4.68. The molecule has 0 atom stereocenters. The zero-order valence-electron chi connectivity index (χ0n) is 12.1. The van der Waals surface area contributed by atoms with Crippen molar-refractivity contribution in [2.45, 2.75) is 24.8 Å². The molecule has 0 spiro atoms. The average molecular weight is 323 g/mol. The van der Waals surface area contributed by atoms with Gasteiger partial charge in [0, 0.05) is 25.5 Å². The molecule has 0 fully saturated rings. The highest BCUT2D eigenvalue weighted by Crippen LogP contribution is 2.10. The zero-order valence-corrected chi connectivity index (χ0v) is 12.9. The van der Waals surface area contributed by atoms with E-state index in [0.717, 1.165) is 5.82 Å². The van der Waals surface area contributed by atoms with Gasteiger partial charge < -0.3 is 9.67 Å². The van der Waals surface area contributed by atoms with Gasteiger partial charge in [0.2, 0.25) is 10.0 Å². The second-order valence-electron chi connectivity index (χ2n) is 4.75. The summed E-state index contributed by atoms with van der Waals surface area (Å²) in [6, 6.07) is 5.11. The lowest BCUT2D eigenvalue weighted by molar-refractivity contribution is 0.0696. The van der Waals surface area contributed by atoms with Gasteiger partial charge in [-0.1, -0.05) is 0 Å². The first kappa shape index (κ1) is 16.2. The Kier molecular flexibility index (Phi) is 4.94. The summed E-state index contributed by atoms with van der Waals surface area (Å²) in [5, 5.41) is 8.79. The van der Waals surface area contributed by atoms with Crippen molar-refractivity contribution in [1.82, 2.24) is 14.3 Å². The number of benzene rings is 1. The lowest BCUT2D eigenvalue weighted by Crippen LogP contribution is -2.25. The average Bonchev–Trinajstić information content (AvgIpc) is 2.89. The predicted molar refractivity (Wildman–Crippen MR) is 80.2 cm³/mol. The maximum Gasteiger partial charge on any atom is 0.335 e. The molecule has 22 heavy (non-hydrogen) atoms. The molecule has 2 aromatic rings. The van der Waals surface area contributed by atoms with E-state index in [1.165, 1.54) is 24.3 Å². The maximum absolute atomic E-state index is 12.1. The first-order valence-electron chi connectivity index (χ1n) is 6.71. The molecule has 1 heterocycles. The SMILES string of the molecule is Cc1nccn1CCCNS(=O)(=O)c1ccc(C(=O)O)cc1. The molecule has 0 aliphatic carbocycles. The van der Waals surface area contributed by atoms with E-state index >= 15 is 0 Å². The van der Waals surface area contributed by atoms with E-state index in [2.05, 4.69) is 9.71 Å². The molecule has 118 valence electrons. The van der Waals surface area contributed by atoms with E-state index in [-0.39, 0.29) is 10.5 Å². The molecule has 0 unspecified atom stereocenters. The van der Waals surface area contributed by atoms with Gasteiger partial charge in [-0.2, -0.15) is 0 Å². The van der Waals surface area contributed by atoms with E-state index in [9.17, 15) is 13.2 Å². The molecule has 1 aromatic heterocycles. The molecule has 2 N–H and O–H groups in total. The first-order valence-corrected chi connectivity index (χ1v) is 8.19. The van der Waals surface area contributed by atoms with Crippen LogP contribution < -0.4 is 4.72 Å². The molecule has 0 aliphatic heterocycles. The Hall–Kier alpha value is -2.19. The van der Waals surface area contributed by atoms with Gasteiger partial charge in [-0.15, -0.1) is 0 Å². The largest absolute Gasteiger partial charge is 0.478 e. The number of sulfonamides is 1. The van der Waals surface area contributed by atoms with Gasteiger partial charge in [-0.05, 0) is 37.6 Å². The summed E-state index contributed by atoms with van der Waals surface area (Å²) in [6.07, 6.45) is 4.17. The van der Waals surface area contributed by atoms with Crippen LogP contribution in [-0.2, 0) is 16.6 Å². The summed E-state index contributed by atoms with van der Waals surface area (Å²) in [7, 11) is -3.62. The van der Waals surface area contributed by atoms with Crippen molar-refractivity contribution in [3.63, 3.8) is 0 Å². The van der Waals surface area contributed by atoms with E-state index in [0.29, 0.717) is 19.5 Å². The minimum absolute atomic E-state index is 0.0505. The molecule has 0 saturated carbocycles. The van der Waals surface area contributed by atoms with Crippen molar-refractivity contribution in [3.8, 4) is 0 Å². The fourth-order valence-electron chi connectivity index (χ4n) is 1.96. The quantitative estimate of drug-likeness (QED) is 0.747. The number of aryl methyl sites for hydroxylation is 2. The Morgan fingerprint density at radius 3 is 2.55 bits per heavy atom. The Balaban J connectivity index is 1.90. The highest BCUT2D eigenvalue weighted by molar-refractivity contribution is 7.89. The number of nitrogens with one attached hydrogen (secondary N) is 1. The summed E-state index contributed by atoms with van der Waals surface area (Å²) < 4.78 is 28.6. The maximum atomic E-state index is 12.1. The van der Waals surface area contributed by atoms with E-state index in [4.69, 9.17) is 5.11 Å². The van der Waals surface area contributed by atoms with Crippen LogP contribution in [0.5, 0.6) is 0 Å². The Morgan fingerprint density at radius 1 is 1.32 bits per heavy atom. The third-order valence-electron chi connectivity index (χ3n) is 3.20. The molecule has 0 radical (unpaired) electrons. The number of hydrogen-bond donors (Lipinski definition) is 2. The highest BCUT2D eigenvalue weighted by Gasteiger charge is 2.14. The topological polar surface area (TPSA) is 101 Å². The molecule has 8 heteroatoms. The molecule has 0 amide bonds. The number of carboxylic acids is 1. The Labute approximate surface area is 128 Å². The molecule has 2 rings (SSSR count). The summed E-state index contributed by atoms with van der Waals surface area (Å²) in [6.45, 7) is 2.85. The number of aromatic nitrogens is 2. The number of carboxylic acid groups (broad SMARTS) is 1. The monoisotopic (exact) mass is 323 g/mol. The standard InChI is InChI=1S/C14H17N3O4S/c1-11-15-8-10-17(11)9-2-7-16-22(20,21)13-5-3-12(4-6-13)14(18)19/h3-6,8,10,16H,2,7,9H2,1H3,(H,18,19). The molecular formula is C14H17N3O4S. The smallest absolute Gasteiger partial charge is 0.335 e. The Morgan fingerprint density at radius 2 is 2.00 bits per heavy atom. The number of aromatic carboxylic acids is 1. The van der Waals surface area contributed by atoms with Gasteiger partial charge in [0.15, 0.2) is 0 Å². The van der Waals surface area contributed by atoms with Crippen LogP contribution in [0.2, 0.25) is 0 Å². The lowest BCUT2D eigenvalue weighted by Gasteiger charge is -2.08. The third kappa shape index (κ3) is 3.92. The number of carbonyl (C=O) groups is 1. The first-order chi connectivity index (χ1) is 10.4. The van der Waals surface area contributed by atoms with E-state index < -0.39 is 16.0 Å². The summed E-state index contributed by atoms with van der Waals surface area (Å²) in [5.74, 6) is -0.209. The van der Waals surface area contributed by atoms with Crippen LogP contribution in [-0.4, -0.2) is 35.6 Å². The molecule has 0 aliphatic rings. The molecule has 1 aromatic carbocycles. The van der Waals surface area contributed by atoms with Crippen LogP contribution in [0, 0.1) is 6.92 Å². The van der Waals surface area contributed by atoms with Crippen LogP contribution in [0.4, 0.5) is 0 Å². The van der Waals surface area contributed by atoms with Crippen molar-refractivity contribution in [3.05, 3.63) is 48.0 Å². The Bertz CT molecular complexity index is 751. The second kappa shape index (κ2) is 6.71. The fraction of sp³-hybridized carbons (Fsp3) is 0.286. The van der Waals surface area contributed by atoms with Crippen molar-refractivity contribution < 1.29 is 18.3 Å². The summed E-state index contributed by atoms with van der Waals surface area (Å²) >= 11 is 0. The van der Waals surface area contributed by atoms with Gasteiger partial charge in [0.1, 0.15) is 5.82 Å². The zero-order chi connectivity index (χ0) is 16.2. The van der Waals surface area contributed by atoms with Crippen LogP contribution in [0.3, 0.4) is 0 Å². The van der Waals surface area contributed by atoms with Crippen molar-refractivity contribution in [2.24, 2.45) is 0 Å². The number of rotatable bonds is 7. The van der Waals surface area contributed by atoms with Crippen molar-refractivity contribution in [1.29, 1.82) is 0 Å². The fourth-order valence-corrected chi connectivity index (χ4v) is 3.03. The van der Waals surface area contributed by atoms with E-state index in [1.54, 1.807) is 6.20 Å². The number of nitrogens with zero attached hydrogens (tertiary/aromatic N) is 2. The summed E-state index contributed by atoms with van der Waals surface area (Å²) in [4.78, 5) is 14.9. The predicted octanol–water partition coefficient (Wildman–Crippen LogP) is 1.26. The van der Waals surface area contributed by atoms with Crippen LogP contribution in [0.25, 0.3) is 0 Å². The number of hydrogen-bond acceptors (Lipinski definition) is 4. The van der Waals surface area contributed by atoms with Gasteiger partial charge in [-0.25, -0.2) is 22.9 Å². The van der Waals surface area contributed by atoms with Crippen molar-refractivity contribution >= 4 is 16.0 Å². The van der Waals surface area contributed by atoms with E-state index in [1.807, 2.05) is 17.7 Å². The normalized spacial score (nSPS) is 11.5. The molecule has 0 bridgehead atoms. The van der Waals surface area contributed by atoms with Crippen LogP contribution in [0.15, 0.2) is 41.6 Å². The molecule has 7 nitrogen and oxygen atoms in total. The van der Waals surface area contributed by atoms with Gasteiger partial charge >= 0.3 is 5.97 Å². The molecule has 0 saturated heterocycles. The van der Waals surface area contributed by atoms with Crippen LogP contribution >= 0.6 is 0 Å². The lowest BCUT2D eigenvalue weighted by atomic mass is 10.2. The second-order valence-corrected chi connectivity index (χ2v) is 6.52.